The van der Waals surface area contributed by atoms with Gasteiger partial charge in [0.05, 0.1) is 11.7 Å². The van der Waals surface area contributed by atoms with Crippen molar-refractivity contribution in [2.24, 2.45) is 0 Å². The van der Waals surface area contributed by atoms with Gasteiger partial charge in [0.15, 0.2) is 9.84 Å². The van der Waals surface area contributed by atoms with Gasteiger partial charge in [-0.3, -0.25) is 4.79 Å². The number of likely N-dealkylation sites (N-methyl/N-ethyl adjacent to an activating group) is 1. The number of hydrogen-bond donors (Lipinski definition) is 0. The third-order valence-electron chi connectivity index (χ3n) is 4.41. The standard InChI is InChI=1S/C16H22FNO3S/c1-18(14-9-5-6-10-15(14)22(2,20)21)16(19)11-12-7-3-4-8-13(12)17/h3-4,7-8,14-15H,5-6,9-11H2,1-2H3. The maximum atomic E-state index is 13.7. The number of carbonyl (C=O) groups is 1. The Kier molecular flexibility index (Phi) is 5.21. The summed E-state index contributed by atoms with van der Waals surface area (Å²) >= 11 is 0. The number of sulfone groups is 1. The van der Waals surface area contributed by atoms with Crippen LogP contribution in [0.3, 0.4) is 0 Å². The average Bonchev–Trinajstić information content (AvgIpc) is 2.48. The lowest BCUT2D eigenvalue weighted by Gasteiger charge is -2.37. The number of hydrogen-bond acceptors (Lipinski definition) is 3. The van der Waals surface area contributed by atoms with Crippen LogP contribution in [-0.4, -0.2) is 43.8 Å². The first-order chi connectivity index (χ1) is 10.3. The molecule has 0 N–H and O–H groups in total. The molecule has 0 aromatic heterocycles. The van der Waals surface area contributed by atoms with Crippen LogP contribution >= 0.6 is 0 Å². The van der Waals surface area contributed by atoms with E-state index in [1.807, 2.05) is 0 Å². The molecule has 1 saturated carbocycles. The van der Waals surface area contributed by atoms with Crippen LogP contribution in [0.5, 0.6) is 0 Å². The first kappa shape index (κ1) is 16.9. The minimum absolute atomic E-state index is 0.0455. The molecule has 0 saturated heterocycles. The highest BCUT2D eigenvalue weighted by molar-refractivity contribution is 7.91. The molecule has 4 nitrogen and oxygen atoms in total. The Hall–Kier alpha value is -1.43. The van der Waals surface area contributed by atoms with Crippen LogP contribution < -0.4 is 0 Å². The van der Waals surface area contributed by atoms with Gasteiger partial charge in [0.25, 0.3) is 0 Å². The van der Waals surface area contributed by atoms with Crippen molar-refractivity contribution in [1.29, 1.82) is 0 Å². The number of carbonyl (C=O) groups excluding carboxylic acids is 1. The van der Waals surface area contributed by atoms with E-state index < -0.39 is 20.9 Å². The van der Waals surface area contributed by atoms with Crippen molar-refractivity contribution < 1.29 is 17.6 Å². The molecule has 1 aliphatic carbocycles. The Morgan fingerprint density at radius 3 is 2.55 bits per heavy atom. The molecule has 1 aliphatic rings. The van der Waals surface area contributed by atoms with Crippen molar-refractivity contribution in [3.8, 4) is 0 Å². The highest BCUT2D eigenvalue weighted by Gasteiger charge is 2.36. The van der Waals surface area contributed by atoms with E-state index >= 15 is 0 Å². The van der Waals surface area contributed by atoms with Crippen molar-refractivity contribution in [3.05, 3.63) is 35.6 Å². The number of amides is 1. The number of nitrogens with zero attached hydrogens (tertiary/aromatic N) is 1. The molecule has 0 radical (unpaired) electrons. The molecule has 122 valence electrons. The third kappa shape index (κ3) is 3.85. The van der Waals surface area contributed by atoms with E-state index in [-0.39, 0.29) is 18.4 Å². The molecule has 0 heterocycles. The van der Waals surface area contributed by atoms with E-state index in [4.69, 9.17) is 0 Å². The second-order valence-electron chi connectivity index (χ2n) is 5.99. The Bertz CT molecular complexity index is 645. The van der Waals surface area contributed by atoms with Crippen LogP contribution in [0, 0.1) is 5.82 Å². The smallest absolute Gasteiger partial charge is 0.227 e. The van der Waals surface area contributed by atoms with Crippen LogP contribution in [0.2, 0.25) is 0 Å². The van der Waals surface area contributed by atoms with Gasteiger partial charge in [0.1, 0.15) is 5.82 Å². The van der Waals surface area contributed by atoms with Gasteiger partial charge in [-0.2, -0.15) is 0 Å². The van der Waals surface area contributed by atoms with E-state index in [0.29, 0.717) is 18.4 Å². The van der Waals surface area contributed by atoms with Crippen LogP contribution in [0.1, 0.15) is 31.2 Å². The average molecular weight is 327 g/mol. The topological polar surface area (TPSA) is 54.5 Å². The van der Waals surface area contributed by atoms with Crippen molar-refractivity contribution in [1.82, 2.24) is 4.90 Å². The monoisotopic (exact) mass is 327 g/mol. The van der Waals surface area contributed by atoms with Crippen LogP contribution in [0.25, 0.3) is 0 Å². The summed E-state index contributed by atoms with van der Waals surface area (Å²) in [4.78, 5) is 13.9. The van der Waals surface area contributed by atoms with Gasteiger partial charge in [-0.15, -0.1) is 0 Å². The normalized spacial score (nSPS) is 22.3. The summed E-state index contributed by atoms with van der Waals surface area (Å²) in [6.45, 7) is 0. The zero-order valence-electron chi connectivity index (χ0n) is 13.0. The summed E-state index contributed by atoms with van der Waals surface area (Å²) in [5, 5.41) is -0.518. The second-order valence-corrected chi connectivity index (χ2v) is 8.26. The molecular formula is C16H22FNO3S. The molecule has 2 rings (SSSR count). The largest absolute Gasteiger partial charge is 0.341 e. The van der Waals surface area contributed by atoms with Crippen LogP contribution in [0.4, 0.5) is 4.39 Å². The lowest BCUT2D eigenvalue weighted by molar-refractivity contribution is -0.131. The minimum Gasteiger partial charge on any atom is -0.341 e. The fraction of sp³-hybridized carbons (Fsp3) is 0.562. The summed E-state index contributed by atoms with van der Waals surface area (Å²) in [7, 11) is -1.58. The minimum atomic E-state index is -3.20. The lowest BCUT2D eigenvalue weighted by Crippen LogP contribution is -2.49. The van der Waals surface area contributed by atoms with E-state index in [1.54, 1.807) is 25.2 Å². The van der Waals surface area contributed by atoms with Gasteiger partial charge in [0, 0.05) is 19.3 Å². The molecule has 22 heavy (non-hydrogen) atoms. The molecule has 1 aromatic carbocycles. The number of benzene rings is 1. The first-order valence-electron chi connectivity index (χ1n) is 7.48. The highest BCUT2D eigenvalue weighted by atomic mass is 32.2. The van der Waals surface area contributed by atoms with Gasteiger partial charge < -0.3 is 4.90 Å². The quantitative estimate of drug-likeness (QED) is 0.852. The Morgan fingerprint density at radius 2 is 1.91 bits per heavy atom. The molecule has 0 bridgehead atoms. The summed E-state index contributed by atoms with van der Waals surface area (Å²) in [5.41, 5.74) is 0.339. The van der Waals surface area contributed by atoms with Crippen LogP contribution in [-0.2, 0) is 21.1 Å². The van der Waals surface area contributed by atoms with E-state index in [1.165, 1.54) is 17.2 Å². The molecular weight excluding hydrogens is 305 g/mol. The van der Waals surface area contributed by atoms with Gasteiger partial charge >= 0.3 is 0 Å². The fourth-order valence-electron chi connectivity index (χ4n) is 3.13. The van der Waals surface area contributed by atoms with E-state index in [0.717, 1.165) is 12.8 Å². The van der Waals surface area contributed by atoms with Gasteiger partial charge in [0.2, 0.25) is 5.91 Å². The first-order valence-corrected chi connectivity index (χ1v) is 9.44. The van der Waals surface area contributed by atoms with E-state index in [9.17, 15) is 17.6 Å². The van der Waals surface area contributed by atoms with Gasteiger partial charge in [-0.1, -0.05) is 31.0 Å². The predicted molar refractivity (Wildman–Crippen MR) is 83.8 cm³/mol. The summed E-state index contributed by atoms with van der Waals surface area (Å²) in [6.07, 6.45) is 4.22. The van der Waals surface area contributed by atoms with Crippen molar-refractivity contribution in [3.63, 3.8) is 0 Å². The zero-order valence-corrected chi connectivity index (χ0v) is 13.8. The number of halogens is 1. The maximum absolute atomic E-state index is 13.7. The second kappa shape index (κ2) is 6.77. The van der Waals surface area contributed by atoms with Crippen molar-refractivity contribution >= 4 is 15.7 Å². The zero-order chi connectivity index (χ0) is 16.3. The molecule has 0 spiro atoms. The molecule has 1 fully saturated rings. The van der Waals surface area contributed by atoms with E-state index in [2.05, 4.69) is 0 Å². The summed E-state index contributed by atoms with van der Waals surface area (Å²) < 4.78 is 37.5. The molecule has 2 unspecified atom stereocenters. The summed E-state index contributed by atoms with van der Waals surface area (Å²) in [5.74, 6) is -0.654. The molecule has 1 aromatic rings. The molecule has 6 heteroatoms. The SMILES string of the molecule is CN(C(=O)Cc1ccccc1F)C1CCCCC1S(C)(=O)=O. The van der Waals surface area contributed by atoms with Gasteiger partial charge in [-0.25, -0.2) is 12.8 Å². The third-order valence-corrected chi connectivity index (χ3v) is 6.06. The molecule has 2 atom stereocenters. The maximum Gasteiger partial charge on any atom is 0.227 e. The Balaban J connectivity index is 2.13. The molecule has 1 amide bonds. The summed E-state index contributed by atoms with van der Waals surface area (Å²) in [6, 6.07) is 5.85. The fourth-order valence-corrected chi connectivity index (χ4v) is 4.62. The predicted octanol–water partition coefficient (Wildman–Crippen LogP) is 2.18. The lowest BCUT2D eigenvalue weighted by atomic mass is 9.93. The Morgan fingerprint density at radius 1 is 1.27 bits per heavy atom. The highest BCUT2D eigenvalue weighted by Crippen LogP contribution is 2.28. The van der Waals surface area contributed by atoms with Crippen molar-refractivity contribution in [2.45, 2.75) is 43.4 Å². The Labute approximate surface area is 131 Å². The van der Waals surface area contributed by atoms with Crippen molar-refractivity contribution in [2.75, 3.05) is 13.3 Å². The van der Waals surface area contributed by atoms with Gasteiger partial charge in [-0.05, 0) is 24.5 Å². The number of rotatable bonds is 4. The molecule has 0 aliphatic heterocycles. The van der Waals surface area contributed by atoms with Crippen LogP contribution in [0.15, 0.2) is 24.3 Å².